The van der Waals surface area contributed by atoms with Crippen molar-refractivity contribution in [3.8, 4) is 33.9 Å². The molecular formula is C37H48F3NO3. The van der Waals surface area contributed by atoms with E-state index in [-0.39, 0.29) is 24.5 Å². The van der Waals surface area contributed by atoms with Crippen LogP contribution >= 0.6 is 0 Å². The van der Waals surface area contributed by atoms with E-state index < -0.39 is 23.3 Å². The predicted octanol–water partition coefficient (Wildman–Crippen LogP) is 11.2. The Balaban J connectivity index is 1.51. The molecule has 4 nitrogen and oxygen atoms in total. The molecule has 2 aromatic carbocycles. The number of halogens is 3. The van der Waals surface area contributed by atoms with Crippen LogP contribution < -0.4 is 9.47 Å². The van der Waals surface area contributed by atoms with E-state index in [1.54, 1.807) is 42.6 Å². The smallest absolute Gasteiger partial charge is 0.348 e. The molecule has 0 N–H and O–H groups in total. The summed E-state index contributed by atoms with van der Waals surface area (Å²) in [5.74, 6) is -2.49. The first-order chi connectivity index (χ1) is 21.2. The van der Waals surface area contributed by atoms with Gasteiger partial charge < -0.3 is 9.47 Å². The van der Waals surface area contributed by atoms with Gasteiger partial charge in [0, 0.05) is 17.3 Å². The fraction of sp³-hybridized carbons (Fsp3) is 0.514. The molecule has 0 fully saturated rings. The van der Waals surface area contributed by atoms with Gasteiger partial charge in [0.25, 0.3) is 0 Å². The van der Waals surface area contributed by atoms with Crippen LogP contribution in [0.2, 0.25) is 0 Å². The van der Waals surface area contributed by atoms with E-state index in [2.05, 4.69) is 18.8 Å². The normalized spacial score (nSPS) is 12.6. The maximum absolute atomic E-state index is 14.9. The average Bonchev–Trinajstić information content (AvgIpc) is 3.01. The molecule has 0 unspecified atom stereocenters. The third-order valence-corrected chi connectivity index (χ3v) is 7.88. The molecule has 0 radical (unpaired) electrons. The number of esters is 1. The number of alkyl halides is 1. The van der Waals surface area contributed by atoms with Gasteiger partial charge in [-0.05, 0) is 62.1 Å². The van der Waals surface area contributed by atoms with Crippen molar-refractivity contribution < 1.29 is 27.4 Å². The second kappa shape index (κ2) is 18.5. The SMILES string of the molecule is CCCCCCCCCCOc1c(F)cc(-c2ccc(-c3ccc(OC(=O)[C@@](C)(F)CCCCCCC)cc3)cn2)cc1F. The quantitative estimate of drug-likeness (QED) is 0.0724. The minimum absolute atomic E-state index is 0.133. The van der Waals surface area contributed by atoms with E-state index in [0.717, 1.165) is 56.1 Å². The summed E-state index contributed by atoms with van der Waals surface area (Å²) in [6.45, 7) is 5.86. The lowest BCUT2D eigenvalue weighted by atomic mass is 9.99. The van der Waals surface area contributed by atoms with Crippen molar-refractivity contribution in [2.75, 3.05) is 6.61 Å². The summed E-state index contributed by atoms with van der Waals surface area (Å²) < 4.78 is 55.1. The van der Waals surface area contributed by atoms with Crippen LogP contribution in [-0.2, 0) is 4.79 Å². The fourth-order valence-electron chi connectivity index (χ4n) is 5.08. The maximum atomic E-state index is 14.9. The van der Waals surface area contributed by atoms with Gasteiger partial charge in [0.15, 0.2) is 17.4 Å². The van der Waals surface area contributed by atoms with Gasteiger partial charge in [-0.3, -0.25) is 4.98 Å². The van der Waals surface area contributed by atoms with Crippen LogP contribution in [0.15, 0.2) is 54.7 Å². The first kappa shape index (κ1) is 35.1. The zero-order valence-electron chi connectivity index (χ0n) is 26.6. The monoisotopic (exact) mass is 611 g/mol. The first-order valence-corrected chi connectivity index (χ1v) is 16.3. The highest BCUT2D eigenvalue weighted by molar-refractivity contribution is 5.81. The highest BCUT2D eigenvalue weighted by atomic mass is 19.1. The molecule has 3 rings (SSSR count). The number of hydrogen-bond acceptors (Lipinski definition) is 4. The minimum atomic E-state index is -2.04. The van der Waals surface area contributed by atoms with Gasteiger partial charge in [-0.15, -0.1) is 0 Å². The molecule has 0 amide bonds. The van der Waals surface area contributed by atoms with Crippen molar-refractivity contribution in [1.29, 1.82) is 0 Å². The Morgan fingerprint density at radius 1 is 0.727 bits per heavy atom. The third-order valence-electron chi connectivity index (χ3n) is 7.88. The van der Waals surface area contributed by atoms with Crippen LogP contribution in [0.4, 0.5) is 13.2 Å². The molecule has 0 aliphatic heterocycles. The number of rotatable bonds is 20. The number of benzene rings is 2. The highest BCUT2D eigenvalue weighted by Crippen LogP contribution is 2.30. The van der Waals surface area contributed by atoms with E-state index in [1.165, 1.54) is 51.2 Å². The molecule has 0 saturated carbocycles. The van der Waals surface area contributed by atoms with E-state index in [9.17, 15) is 18.0 Å². The average molecular weight is 612 g/mol. The van der Waals surface area contributed by atoms with Gasteiger partial charge in [-0.25, -0.2) is 18.0 Å². The molecule has 240 valence electrons. The summed E-state index contributed by atoms with van der Waals surface area (Å²) in [6.07, 6.45) is 15.5. The number of aromatic nitrogens is 1. The largest absolute Gasteiger partial charge is 0.488 e. The van der Waals surface area contributed by atoms with Gasteiger partial charge in [-0.2, -0.15) is 0 Å². The molecule has 1 heterocycles. The third kappa shape index (κ3) is 11.3. The second-order valence-electron chi connectivity index (χ2n) is 11.8. The summed E-state index contributed by atoms with van der Waals surface area (Å²) in [7, 11) is 0. The number of hydrogen-bond donors (Lipinski definition) is 0. The molecule has 1 aromatic heterocycles. The Labute approximate surface area is 261 Å². The van der Waals surface area contributed by atoms with Gasteiger partial charge >= 0.3 is 5.97 Å². The molecule has 3 aromatic rings. The summed E-state index contributed by atoms with van der Waals surface area (Å²) in [4.78, 5) is 16.8. The predicted molar refractivity (Wildman–Crippen MR) is 172 cm³/mol. The molecule has 7 heteroatoms. The van der Waals surface area contributed by atoms with Crippen molar-refractivity contribution in [3.05, 3.63) is 66.4 Å². The fourth-order valence-corrected chi connectivity index (χ4v) is 5.08. The van der Waals surface area contributed by atoms with Crippen molar-refractivity contribution in [2.24, 2.45) is 0 Å². The van der Waals surface area contributed by atoms with Crippen molar-refractivity contribution in [2.45, 2.75) is 116 Å². The van der Waals surface area contributed by atoms with Gasteiger partial charge in [0.05, 0.1) is 12.3 Å². The number of carbonyl (C=O) groups excluding carboxylic acids is 1. The van der Waals surface area contributed by atoms with E-state index in [1.807, 2.05) is 0 Å². The van der Waals surface area contributed by atoms with E-state index >= 15 is 0 Å². The van der Waals surface area contributed by atoms with Gasteiger partial charge in [0.2, 0.25) is 5.67 Å². The van der Waals surface area contributed by atoms with Crippen LogP contribution in [0.5, 0.6) is 11.5 Å². The number of pyridine rings is 1. The lowest BCUT2D eigenvalue weighted by Gasteiger charge is -2.18. The lowest BCUT2D eigenvalue weighted by Crippen LogP contribution is -2.34. The zero-order valence-corrected chi connectivity index (χ0v) is 26.6. The highest BCUT2D eigenvalue weighted by Gasteiger charge is 2.34. The molecular weight excluding hydrogens is 563 g/mol. The van der Waals surface area contributed by atoms with Crippen LogP contribution in [0, 0.1) is 11.6 Å². The van der Waals surface area contributed by atoms with Crippen LogP contribution in [0.1, 0.15) is 111 Å². The van der Waals surface area contributed by atoms with Crippen LogP contribution in [0.25, 0.3) is 22.4 Å². The molecule has 1 atom stereocenters. The summed E-state index contributed by atoms with van der Waals surface area (Å²) in [5, 5.41) is 0. The molecule has 0 bridgehead atoms. The summed E-state index contributed by atoms with van der Waals surface area (Å²) >= 11 is 0. The zero-order chi connectivity index (χ0) is 31.8. The topological polar surface area (TPSA) is 48.4 Å². The van der Waals surface area contributed by atoms with Crippen LogP contribution in [0.3, 0.4) is 0 Å². The Kier molecular flexibility index (Phi) is 14.7. The molecule has 0 aliphatic carbocycles. The number of unbranched alkanes of at least 4 members (excludes halogenated alkanes) is 11. The number of ether oxygens (including phenoxy) is 2. The maximum Gasteiger partial charge on any atom is 0.348 e. The molecule has 0 saturated heterocycles. The van der Waals surface area contributed by atoms with Crippen molar-refractivity contribution in [1.82, 2.24) is 4.98 Å². The lowest BCUT2D eigenvalue weighted by molar-refractivity contribution is -0.147. The van der Waals surface area contributed by atoms with Gasteiger partial charge in [0.1, 0.15) is 5.75 Å². The summed E-state index contributed by atoms with van der Waals surface area (Å²) in [5.41, 5.74) is 0.253. The molecule has 44 heavy (non-hydrogen) atoms. The Hall–Kier alpha value is -3.35. The Morgan fingerprint density at radius 2 is 1.27 bits per heavy atom. The molecule has 0 aliphatic rings. The summed E-state index contributed by atoms with van der Waals surface area (Å²) in [6, 6.07) is 12.7. The van der Waals surface area contributed by atoms with Gasteiger partial charge in [-0.1, -0.05) is 103 Å². The van der Waals surface area contributed by atoms with Crippen LogP contribution in [-0.4, -0.2) is 23.2 Å². The second-order valence-corrected chi connectivity index (χ2v) is 11.8. The minimum Gasteiger partial charge on any atom is -0.488 e. The van der Waals surface area contributed by atoms with E-state index in [0.29, 0.717) is 17.7 Å². The Bertz CT molecular complexity index is 1250. The standard InChI is InChI=1S/C37H48F3NO3/c1-4-6-8-10-11-12-14-16-24-43-35-32(38)25-30(26-33(35)39)34-22-19-29(27-41-34)28-17-20-31(21-18-28)44-36(42)37(3,40)23-15-13-9-7-5-2/h17-22,25-27H,4-16,23-24H2,1-3H3/t37-/m0/s1. The van der Waals surface area contributed by atoms with E-state index in [4.69, 9.17) is 9.47 Å². The Morgan fingerprint density at radius 3 is 1.84 bits per heavy atom. The molecule has 0 spiro atoms. The first-order valence-electron chi connectivity index (χ1n) is 16.3. The number of carbonyl (C=O) groups is 1. The van der Waals surface area contributed by atoms with Crippen molar-refractivity contribution >= 4 is 5.97 Å². The van der Waals surface area contributed by atoms with Crippen molar-refractivity contribution in [3.63, 3.8) is 0 Å². The number of nitrogens with zero attached hydrogens (tertiary/aromatic N) is 1.